The van der Waals surface area contributed by atoms with Crippen LogP contribution < -0.4 is 0 Å². The molecule has 1 aromatic rings. The molecular weight excluding hydrogens is 284 g/mol. The second-order valence-corrected chi connectivity index (χ2v) is 6.41. The number of benzene rings is 1. The molecule has 0 spiro atoms. The van der Waals surface area contributed by atoms with E-state index < -0.39 is 0 Å². The Balaban J connectivity index is 2.22. The first-order chi connectivity index (χ1) is 7.68. The molecule has 3 heteroatoms. The number of aryl methyl sites for hydroxylation is 1. The van der Waals surface area contributed by atoms with Crippen LogP contribution in [0.4, 0.5) is 0 Å². The van der Waals surface area contributed by atoms with Crippen LogP contribution in [0.15, 0.2) is 22.7 Å². The fourth-order valence-corrected chi connectivity index (χ4v) is 3.61. The van der Waals surface area contributed by atoms with Gasteiger partial charge < -0.3 is 0 Å². The van der Waals surface area contributed by atoms with Crippen molar-refractivity contribution in [2.45, 2.75) is 31.4 Å². The van der Waals surface area contributed by atoms with Gasteiger partial charge in [0.15, 0.2) is 5.78 Å². The van der Waals surface area contributed by atoms with Gasteiger partial charge in [-0.25, -0.2) is 0 Å². The zero-order chi connectivity index (χ0) is 11.5. The maximum atomic E-state index is 12.3. The number of Topliss-reactive ketones (excluding diaryl/α,β-unsaturated/α-hetero) is 1. The molecule has 1 fully saturated rings. The molecule has 0 saturated carbocycles. The molecule has 1 aliphatic heterocycles. The van der Waals surface area contributed by atoms with E-state index in [1.54, 1.807) is 0 Å². The fourth-order valence-electron chi connectivity index (χ4n) is 1.98. The second-order valence-electron chi connectivity index (χ2n) is 4.18. The second kappa shape index (κ2) is 5.37. The van der Waals surface area contributed by atoms with Gasteiger partial charge in [-0.1, -0.05) is 28.4 Å². The minimum Gasteiger partial charge on any atom is -0.293 e. The smallest absolute Gasteiger partial charge is 0.176 e. The van der Waals surface area contributed by atoms with Crippen molar-refractivity contribution in [2.24, 2.45) is 0 Å². The summed E-state index contributed by atoms with van der Waals surface area (Å²) in [5.74, 6) is 1.44. The van der Waals surface area contributed by atoms with Gasteiger partial charge in [0.1, 0.15) is 0 Å². The molecule has 0 bridgehead atoms. The lowest BCUT2D eigenvalue weighted by Crippen LogP contribution is -2.21. The van der Waals surface area contributed by atoms with E-state index in [-0.39, 0.29) is 5.25 Å². The van der Waals surface area contributed by atoms with Crippen molar-refractivity contribution in [3.8, 4) is 0 Å². The minimum atomic E-state index is 0.182. The number of carbonyl (C=O) groups excluding carboxylic acids is 1. The highest BCUT2D eigenvalue weighted by Crippen LogP contribution is 2.29. The lowest BCUT2D eigenvalue weighted by molar-refractivity contribution is 0.0984. The largest absolute Gasteiger partial charge is 0.293 e. The molecule has 1 atom stereocenters. The van der Waals surface area contributed by atoms with Gasteiger partial charge in [-0.3, -0.25) is 4.79 Å². The number of rotatable bonds is 2. The minimum absolute atomic E-state index is 0.182. The van der Waals surface area contributed by atoms with Crippen LogP contribution in [0.1, 0.15) is 35.2 Å². The summed E-state index contributed by atoms with van der Waals surface area (Å²) in [7, 11) is 0. The van der Waals surface area contributed by atoms with E-state index in [2.05, 4.69) is 15.9 Å². The molecule has 1 heterocycles. The molecule has 0 aromatic heterocycles. The summed E-state index contributed by atoms with van der Waals surface area (Å²) in [5, 5.41) is 0.182. The van der Waals surface area contributed by atoms with E-state index >= 15 is 0 Å². The molecule has 16 heavy (non-hydrogen) atoms. The summed E-state index contributed by atoms with van der Waals surface area (Å²) in [6.07, 6.45) is 3.48. The highest BCUT2D eigenvalue weighted by atomic mass is 79.9. The fraction of sp³-hybridized carbons (Fsp3) is 0.462. The van der Waals surface area contributed by atoms with Crippen LogP contribution in [0, 0.1) is 6.92 Å². The van der Waals surface area contributed by atoms with Crippen molar-refractivity contribution in [3.63, 3.8) is 0 Å². The van der Waals surface area contributed by atoms with Gasteiger partial charge in [0, 0.05) is 10.0 Å². The molecule has 0 aliphatic carbocycles. The molecule has 0 amide bonds. The van der Waals surface area contributed by atoms with Crippen molar-refractivity contribution in [3.05, 3.63) is 33.8 Å². The SMILES string of the molecule is Cc1ccc(Br)cc1C(=O)C1CCCCS1. The van der Waals surface area contributed by atoms with Crippen LogP contribution in [-0.4, -0.2) is 16.8 Å². The molecule has 0 N–H and O–H groups in total. The Morgan fingerprint density at radius 3 is 2.94 bits per heavy atom. The number of carbonyl (C=O) groups is 1. The van der Waals surface area contributed by atoms with Gasteiger partial charge in [-0.05, 0) is 43.2 Å². The molecule has 1 aromatic carbocycles. The monoisotopic (exact) mass is 298 g/mol. The van der Waals surface area contributed by atoms with Crippen molar-refractivity contribution in [1.29, 1.82) is 0 Å². The average Bonchev–Trinajstić information content (AvgIpc) is 2.32. The standard InChI is InChI=1S/C13H15BrOS/c1-9-5-6-10(14)8-11(9)13(15)12-4-2-3-7-16-12/h5-6,8,12H,2-4,7H2,1H3. The molecule has 2 rings (SSSR count). The Morgan fingerprint density at radius 2 is 2.25 bits per heavy atom. The summed E-state index contributed by atoms with van der Waals surface area (Å²) in [6, 6.07) is 5.94. The Labute approximate surface area is 109 Å². The molecule has 0 radical (unpaired) electrons. The van der Waals surface area contributed by atoms with Gasteiger partial charge in [-0.2, -0.15) is 11.8 Å². The molecule has 1 unspecified atom stereocenters. The van der Waals surface area contributed by atoms with E-state index in [1.807, 2.05) is 36.9 Å². The molecule has 1 saturated heterocycles. The van der Waals surface area contributed by atoms with Gasteiger partial charge in [0.05, 0.1) is 5.25 Å². The number of halogens is 1. The highest BCUT2D eigenvalue weighted by Gasteiger charge is 2.24. The topological polar surface area (TPSA) is 17.1 Å². The predicted molar refractivity (Wildman–Crippen MR) is 73.3 cm³/mol. The summed E-state index contributed by atoms with van der Waals surface area (Å²) < 4.78 is 0.988. The predicted octanol–water partition coefficient (Wildman–Crippen LogP) is 4.23. The summed E-state index contributed by atoms with van der Waals surface area (Å²) in [4.78, 5) is 12.3. The van der Waals surface area contributed by atoms with Gasteiger partial charge in [-0.15, -0.1) is 0 Å². The summed E-state index contributed by atoms with van der Waals surface area (Å²) in [6.45, 7) is 2.01. The third kappa shape index (κ3) is 2.69. The maximum absolute atomic E-state index is 12.3. The number of hydrogen-bond acceptors (Lipinski definition) is 2. The highest BCUT2D eigenvalue weighted by molar-refractivity contribution is 9.10. The van der Waals surface area contributed by atoms with E-state index in [1.165, 1.54) is 12.8 Å². The van der Waals surface area contributed by atoms with Crippen molar-refractivity contribution < 1.29 is 4.79 Å². The molecule has 86 valence electrons. The van der Waals surface area contributed by atoms with Crippen molar-refractivity contribution in [1.82, 2.24) is 0 Å². The van der Waals surface area contributed by atoms with Crippen LogP contribution >= 0.6 is 27.7 Å². The Morgan fingerprint density at radius 1 is 1.44 bits per heavy atom. The lowest BCUT2D eigenvalue weighted by atomic mass is 10.00. The van der Waals surface area contributed by atoms with E-state index in [4.69, 9.17) is 0 Å². The van der Waals surface area contributed by atoms with Crippen LogP contribution in [0.3, 0.4) is 0 Å². The van der Waals surface area contributed by atoms with E-state index in [0.717, 1.165) is 27.8 Å². The number of hydrogen-bond donors (Lipinski definition) is 0. The third-order valence-electron chi connectivity index (χ3n) is 2.94. The van der Waals surface area contributed by atoms with Gasteiger partial charge in [0.2, 0.25) is 0 Å². The van der Waals surface area contributed by atoms with Crippen LogP contribution in [0.25, 0.3) is 0 Å². The lowest BCUT2D eigenvalue weighted by Gasteiger charge is -2.20. The van der Waals surface area contributed by atoms with Gasteiger partial charge in [0.25, 0.3) is 0 Å². The van der Waals surface area contributed by atoms with Gasteiger partial charge >= 0.3 is 0 Å². The van der Waals surface area contributed by atoms with Crippen molar-refractivity contribution in [2.75, 3.05) is 5.75 Å². The average molecular weight is 299 g/mol. The number of thioether (sulfide) groups is 1. The molecular formula is C13H15BrOS. The Kier molecular flexibility index (Phi) is 4.09. The molecule has 1 aliphatic rings. The Bertz CT molecular complexity index is 397. The van der Waals surface area contributed by atoms with Crippen LogP contribution in [0.5, 0.6) is 0 Å². The normalized spacial score (nSPS) is 20.8. The summed E-state index contributed by atoms with van der Waals surface area (Å²) in [5.41, 5.74) is 1.97. The molecule has 1 nitrogen and oxygen atoms in total. The summed E-state index contributed by atoms with van der Waals surface area (Å²) >= 11 is 5.25. The Hall–Kier alpha value is -0.280. The van der Waals surface area contributed by atoms with Crippen LogP contribution in [-0.2, 0) is 0 Å². The van der Waals surface area contributed by atoms with Crippen LogP contribution in [0.2, 0.25) is 0 Å². The quantitative estimate of drug-likeness (QED) is 0.760. The zero-order valence-corrected chi connectivity index (χ0v) is 11.7. The first-order valence-corrected chi connectivity index (χ1v) is 7.44. The zero-order valence-electron chi connectivity index (χ0n) is 9.33. The van der Waals surface area contributed by atoms with E-state index in [0.29, 0.717) is 5.78 Å². The van der Waals surface area contributed by atoms with Crippen molar-refractivity contribution >= 4 is 33.5 Å². The third-order valence-corrected chi connectivity index (χ3v) is 4.81. The number of ketones is 1. The van der Waals surface area contributed by atoms with E-state index in [9.17, 15) is 4.79 Å². The first-order valence-electron chi connectivity index (χ1n) is 5.60. The maximum Gasteiger partial charge on any atom is 0.176 e. The first kappa shape index (κ1) is 12.2.